The molecule has 0 bridgehead atoms. The number of carbonyl (C=O) groups excluding carboxylic acids is 1. The second-order valence-electron chi connectivity index (χ2n) is 9.57. The molecule has 0 aliphatic carbocycles. The molecule has 1 saturated heterocycles. The smallest absolute Gasteiger partial charge is 0.459 e. The van der Waals surface area contributed by atoms with Crippen LogP contribution in [0.15, 0.2) is 67.0 Å². The van der Waals surface area contributed by atoms with Gasteiger partial charge in [0.25, 0.3) is 0 Å². The number of aliphatic hydroxyl groups excluding tert-OH is 1. The molecule has 3 heterocycles. The van der Waals surface area contributed by atoms with Gasteiger partial charge in [-0.15, -0.1) is 0 Å². The number of aliphatic hydroxyl groups is 1. The van der Waals surface area contributed by atoms with Crippen molar-refractivity contribution in [2.75, 3.05) is 12.3 Å². The predicted octanol–water partition coefficient (Wildman–Crippen LogP) is 3.29. The number of nitrogens with zero attached hydrogens (tertiary/aromatic N) is 4. The normalized spacial score (nSPS) is 20.9. The van der Waals surface area contributed by atoms with Crippen molar-refractivity contribution in [2.45, 2.75) is 51.4 Å². The number of hydrogen-bond acceptors (Lipinski definition) is 11. The predicted molar refractivity (Wildman–Crippen MR) is 148 cm³/mol. The van der Waals surface area contributed by atoms with Gasteiger partial charge in [-0.25, -0.2) is 19.5 Å². The summed E-state index contributed by atoms with van der Waals surface area (Å²) in [6.07, 6.45) is -0.796. The summed E-state index contributed by atoms with van der Waals surface area (Å²) in [5.41, 5.74) is 7.59. The van der Waals surface area contributed by atoms with Gasteiger partial charge in [0.05, 0.1) is 19.0 Å². The number of para-hydroxylation sites is 1. The maximum Gasteiger partial charge on any atom is 0.459 e. The van der Waals surface area contributed by atoms with E-state index in [9.17, 15) is 14.5 Å². The number of ether oxygens (including phenoxy) is 2. The van der Waals surface area contributed by atoms with Crippen LogP contribution < -0.4 is 15.3 Å². The van der Waals surface area contributed by atoms with Crippen molar-refractivity contribution >= 4 is 30.7 Å². The van der Waals surface area contributed by atoms with Gasteiger partial charge in [-0.3, -0.25) is 13.9 Å². The van der Waals surface area contributed by atoms with Crippen molar-refractivity contribution in [3.8, 4) is 5.75 Å². The van der Waals surface area contributed by atoms with E-state index in [0.717, 1.165) is 5.56 Å². The topological polar surface area (TPSA) is 173 Å². The van der Waals surface area contributed by atoms with Crippen LogP contribution in [0.4, 0.5) is 5.82 Å². The number of imidazole rings is 1. The van der Waals surface area contributed by atoms with Gasteiger partial charge in [0.15, 0.2) is 17.7 Å². The number of nitrogens with two attached hydrogens (primary N) is 1. The fourth-order valence-corrected chi connectivity index (χ4v) is 5.88. The first-order chi connectivity index (χ1) is 19.7. The van der Waals surface area contributed by atoms with E-state index in [1.165, 1.54) is 13.3 Å². The van der Waals surface area contributed by atoms with Crippen molar-refractivity contribution in [2.24, 2.45) is 0 Å². The van der Waals surface area contributed by atoms with Gasteiger partial charge in [-0.2, -0.15) is 5.09 Å². The molecule has 4 N–H and O–H groups in total. The monoisotopic (exact) mass is 582 g/mol. The number of esters is 1. The van der Waals surface area contributed by atoms with Crippen LogP contribution in [0, 0.1) is 6.92 Å². The Bertz CT molecular complexity index is 1540. The molecule has 0 spiro atoms. The highest BCUT2D eigenvalue weighted by Crippen LogP contribution is 2.46. The second kappa shape index (κ2) is 12.3. The third-order valence-corrected chi connectivity index (χ3v) is 7.97. The number of aromatic nitrogens is 4. The minimum Gasteiger partial charge on any atom is -0.460 e. The lowest BCUT2D eigenvalue weighted by molar-refractivity contribution is -0.146. The molecule has 216 valence electrons. The van der Waals surface area contributed by atoms with Gasteiger partial charge in [0, 0.05) is 6.42 Å². The molecule has 1 aliphatic heterocycles. The number of nitrogen functional groups attached to an aromatic ring is 1. The van der Waals surface area contributed by atoms with Gasteiger partial charge < -0.3 is 24.8 Å². The molecule has 1 aliphatic rings. The molecule has 2 aromatic carbocycles. The Kier molecular flexibility index (Phi) is 8.62. The first-order valence-corrected chi connectivity index (χ1v) is 14.5. The minimum atomic E-state index is -4.12. The van der Waals surface area contributed by atoms with Crippen molar-refractivity contribution < 1.29 is 33.0 Å². The lowest BCUT2D eigenvalue weighted by atomic mass is 10.2. The Labute approximate surface area is 236 Å². The lowest BCUT2D eigenvalue weighted by Gasteiger charge is -2.24. The molecular formula is C27H31N6O7P. The zero-order chi connectivity index (χ0) is 29.0. The van der Waals surface area contributed by atoms with E-state index in [1.54, 1.807) is 41.8 Å². The summed E-state index contributed by atoms with van der Waals surface area (Å²) in [6.45, 7) is 3.05. The van der Waals surface area contributed by atoms with Gasteiger partial charge >= 0.3 is 13.7 Å². The van der Waals surface area contributed by atoms with E-state index in [-0.39, 0.29) is 31.2 Å². The van der Waals surface area contributed by atoms with E-state index < -0.39 is 38.2 Å². The Hall–Kier alpha value is -3.87. The number of benzene rings is 2. The third-order valence-electron chi connectivity index (χ3n) is 6.33. The van der Waals surface area contributed by atoms with Gasteiger partial charge in [-0.1, -0.05) is 48.5 Å². The standard InChI is InChI=1S/C27H31N6O7P/c1-17(27(35)37-14-19-9-5-3-6-10-19)32-41(36,40-20-11-7-4-8-12-20)38-15-21-13-22(34)26(39-21)33-16-29-23-24(28)30-18(2)31-25(23)33/h3-12,16-17,21-22,26,34H,13-15H2,1-2H3,(H,32,36)(H2,28,30,31)/t17-,21-,22?,26+,41?/m0/s1. The molecule has 0 radical (unpaired) electrons. The Morgan fingerprint density at radius 3 is 2.63 bits per heavy atom. The first kappa shape index (κ1) is 28.7. The van der Waals surface area contributed by atoms with Crippen LogP contribution in [0.2, 0.25) is 0 Å². The fraction of sp³-hybridized carbons (Fsp3) is 0.333. The quantitative estimate of drug-likeness (QED) is 0.174. The maximum atomic E-state index is 13.8. The first-order valence-electron chi connectivity index (χ1n) is 13.0. The molecule has 1 fully saturated rings. The van der Waals surface area contributed by atoms with Crippen molar-refractivity contribution in [3.63, 3.8) is 0 Å². The van der Waals surface area contributed by atoms with E-state index in [2.05, 4.69) is 20.0 Å². The number of aryl methyl sites for hydroxylation is 1. The summed E-state index contributed by atoms with van der Waals surface area (Å²) in [6, 6.07) is 16.6. The van der Waals surface area contributed by atoms with Crippen molar-refractivity contribution in [3.05, 3.63) is 78.4 Å². The molecule has 14 heteroatoms. The molecular weight excluding hydrogens is 551 g/mol. The van der Waals surface area contributed by atoms with Crippen LogP contribution in [0.1, 0.15) is 31.0 Å². The van der Waals surface area contributed by atoms with Crippen LogP contribution in [0.3, 0.4) is 0 Å². The fourth-order valence-electron chi connectivity index (χ4n) is 4.36. The molecule has 41 heavy (non-hydrogen) atoms. The highest BCUT2D eigenvalue weighted by Gasteiger charge is 2.39. The summed E-state index contributed by atoms with van der Waals surface area (Å²) in [7, 11) is -4.12. The average molecular weight is 583 g/mol. The number of anilines is 1. The Morgan fingerprint density at radius 2 is 1.90 bits per heavy atom. The molecule has 0 amide bonds. The molecule has 5 atom stereocenters. The van der Waals surface area contributed by atoms with Crippen LogP contribution in [-0.4, -0.2) is 55.5 Å². The number of nitrogens with one attached hydrogen (secondary N) is 1. The van der Waals surface area contributed by atoms with Crippen LogP contribution in [-0.2, 0) is 30.0 Å². The lowest BCUT2D eigenvalue weighted by Crippen LogP contribution is -2.35. The second-order valence-corrected chi connectivity index (χ2v) is 11.3. The number of rotatable bonds is 11. The number of fused-ring (bicyclic) bond motifs is 1. The summed E-state index contributed by atoms with van der Waals surface area (Å²) in [5, 5.41) is 13.4. The van der Waals surface area contributed by atoms with E-state index in [4.69, 9.17) is 24.3 Å². The zero-order valence-corrected chi connectivity index (χ0v) is 23.4. The van der Waals surface area contributed by atoms with E-state index in [1.807, 2.05) is 30.3 Å². The van der Waals surface area contributed by atoms with Crippen LogP contribution in [0.5, 0.6) is 5.75 Å². The molecule has 0 saturated carbocycles. The summed E-state index contributed by atoms with van der Waals surface area (Å²) in [4.78, 5) is 25.4. The molecule has 5 rings (SSSR count). The number of hydrogen-bond donors (Lipinski definition) is 3. The third kappa shape index (κ3) is 6.89. The molecule has 2 unspecified atom stereocenters. The molecule has 4 aromatic rings. The van der Waals surface area contributed by atoms with Gasteiger partial charge in [0.2, 0.25) is 0 Å². The largest absolute Gasteiger partial charge is 0.460 e. The molecule has 2 aromatic heterocycles. The van der Waals surface area contributed by atoms with Crippen molar-refractivity contribution in [1.29, 1.82) is 0 Å². The van der Waals surface area contributed by atoms with Crippen molar-refractivity contribution in [1.82, 2.24) is 24.6 Å². The SMILES string of the molecule is Cc1nc(N)c2ncn([C@@H]3O[C@H](COP(=O)(N[C@@H](C)C(=O)OCc4ccccc4)Oc4ccccc4)CC3O)c2n1. The summed E-state index contributed by atoms with van der Waals surface area (Å²) < 4.78 is 38.3. The van der Waals surface area contributed by atoms with Crippen LogP contribution in [0.25, 0.3) is 11.2 Å². The van der Waals surface area contributed by atoms with Gasteiger partial charge in [0.1, 0.15) is 35.8 Å². The highest BCUT2D eigenvalue weighted by atomic mass is 31.2. The average Bonchev–Trinajstić information content (AvgIpc) is 3.54. The highest BCUT2D eigenvalue weighted by molar-refractivity contribution is 7.52. The minimum absolute atomic E-state index is 0.0601. The van der Waals surface area contributed by atoms with E-state index in [0.29, 0.717) is 17.0 Å². The van der Waals surface area contributed by atoms with Crippen LogP contribution >= 0.6 is 7.75 Å². The summed E-state index contributed by atoms with van der Waals surface area (Å²) in [5.74, 6) is 0.312. The Morgan fingerprint density at radius 1 is 1.20 bits per heavy atom. The Balaban J connectivity index is 1.26. The maximum absolute atomic E-state index is 13.8. The van der Waals surface area contributed by atoms with E-state index >= 15 is 0 Å². The zero-order valence-electron chi connectivity index (χ0n) is 22.5. The van der Waals surface area contributed by atoms with Gasteiger partial charge in [-0.05, 0) is 31.5 Å². The number of carbonyl (C=O) groups is 1. The molecule has 13 nitrogen and oxygen atoms in total. The summed E-state index contributed by atoms with van der Waals surface area (Å²) >= 11 is 0.